The highest BCUT2D eigenvalue weighted by Crippen LogP contribution is 2.57. The van der Waals surface area contributed by atoms with E-state index in [2.05, 4.69) is 4.98 Å². The number of rotatable bonds is 5. The lowest BCUT2D eigenvalue weighted by Gasteiger charge is -2.36. The monoisotopic (exact) mass is 519 g/mol. The Bertz CT molecular complexity index is 1270. The Labute approximate surface area is 213 Å². The molecule has 0 radical (unpaired) electrons. The zero-order chi connectivity index (χ0) is 26.6. The molecule has 1 unspecified atom stereocenters. The van der Waals surface area contributed by atoms with E-state index in [1.807, 2.05) is 33.3 Å². The molecule has 4 atom stereocenters. The standard InChI is InChI=1S/C27H31F4N4O2/c1-35(2,3)24-19(16-26(37-24)13-5-6-20(26)17-7-9-18(28)10-8-17)23-21(36-4)11-12-22(33-23)34-15-14-32-25(34)27(29,30)31/h7-12,14-15,19-20,24H,5-6,13,16H2,1-4H3/q+1/t19-,20-,24?,26+/m0/s1. The number of methoxy groups -OCH3 is 1. The molecule has 1 saturated carbocycles. The molecule has 1 aliphatic carbocycles. The average molecular weight is 520 g/mol. The third-order valence-corrected chi connectivity index (χ3v) is 7.61. The van der Waals surface area contributed by atoms with Crippen molar-refractivity contribution >= 4 is 0 Å². The Morgan fingerprint density at radius 3 is 2.49 bits per heavy atom. The second-order valence-corrected chi connectivity index (χ2v) is 10.9. The van der Waals surface area contributed by atoms with E-state index in [4.69, 9.17) is 14.5 Å². The first-order valence-electron chi connectivity index (χ1n) is 12.3. The molecule has 2 aromatic heterocycles. The van der Waals surface area contributed by atoms with Crippen LogP contribution >= 0.6 is 0 Å². The van der Waals surface area contributed by atoms with Crippen molar-refractivity contribution in [3.05, 3.63) is 71.7 Å². The first-order chi connectivity index (χ1) is 17.4. The van der Waals surface area contributed by atoms with Gasteiger partial charge in [0.1, 0.15) is 17.4 Å². The number of pyridine rings is 1. The van der Waals surface area contributed by atoms with Gasteiger partial charge in [0.2, 0.25) is 12.1 Å². The molecule has 3 heterocycles. The third kappa shape index (κ3) is 4.61. The second-order valence-electron chi connectivity index (χ2n) is 10.9. The lowest BCUT2D eigenvalue weighted by molar-refractivity contribution is -0.920. The molecule has 0 amide bonds. The van der Waals surface area contributed by atoms with Gasteiger partial charge in [-0.05, 0) is 55.5 Å². The predicted octanol–water partition coefficient (Wildman–Crippen LogP) is 5.68. The predicted molar refractivity (Wildman–Crippen MR) is 129 cm³/mol. The lowest BCUT2D eigenvalue weighted by Crippen LogP contribution is -2.49. The minimum atomic E-state index is -4.62. The average Bonchev–Trinajstić information content (AvgIpc) is 3.58. The molecule has 1 saturated heterocycles. The van der Waals surface area contributed by atoms with Gasteiger partial charge in [-0.1, -0.05) is 12.1 Å². The van der Waals surface area contributed by atoms with Crippen molar-refractivity contribution in [2.45, 2.75) is 55.5 Å². The van der Waals surface area contributed by atoms with Crippen LogP contribution in [0.2, 0.25) is 0 Å². The number of hydrogen-bond donors (Lipinski definition) is 0. The maximum absolute atomic E-state index is 13.7. The Kier molecular flexibility index (Phi) is 6.31. The first kappa shape index (κ1) is 25.7. The number of likely N-dealkylation sites (N-methyl/N-ethyl adjacent to an activating group) is 1. The summed E-state index contributed by atoms with van der Waals surface area (Å²) in [6, 6.07) is 9.75. The molecule has 0 bridgehead atoms. The molecule has 6 nitrogen and oxygen atoms in total. The highest BCUT2D eigenvalue weighted by molar-refractivity contribution is 5.40. The second kappa shape index (κ2) is 9.09. The third-order valence-electron chi connectivity index (χ3n) is 7.61. The van der Waals surface area contributed by atoms with Gasteiger partial charge in [-0.3, -0.25) is 4.57 Å². The summed E-state index contributed by atoms with van der Waals surface area (Å²) in [6.07, 6.45) is 0.771. The van der Waals surface area contributed by atoms with Gasteiger partial charge in [-0.15, -0.1) is 0 Å². The molecular weight excluding hydrogens is 488 g/mol. The van der Waals surface area contributed by atoms with Crippen molar-refractivity contribution < 1.29 is 31.5 Å². The van der Waals surface area contributed by atoms with E-state index in [0.717, 1.165) is 35.6 Å². The number of hydrogen-bond acceptors (Lipinski definition) is 4. The molecule has 3 aromatic rings. The first-order valence-corrected chi connectivity index (χ1v) is 12.3. The van der Waals surface area contributed by atoms with Crippen LogP contribution in [0.3, 0.4) is 0 Å². The Morgan fingerprint density at radius 2 is 1.84 bits per heavy atom. The maximum Gasteiger partial charge on any atom is 0.450 e. The number of benzene rings is 1. The van der Waals surface area contributed by atoms with Crippen molar-refractivity contribution in [2.24, 2.45) is 0 Å². The highest BCUT2D eigenvalue weighted by atomic mass is 19.4. The molecule has 198 valence electrons. The normalized spacial score (nSPS) is 26.2. The smallest absolute Gasteiger partial charge is 0.450 e. The quantitative estimate of drug-likeness (QED) is 0.322. The van der Waals surface area contributed by atoms with Gasteiger partial charge < -0.3 is 14.0 Å². The molecule has 5 rings (SSSR count). The number of aromatic nitrogens is 3. The van der Waals surface area contributed by atoms with Gasteiger partial charge in [0.05, 0.1) is 45.5 Å². The zero-order valence-electron chi connectivity index (χ0n) is 21.3. The van der Waals surface area contributed by atoms with Gasteiger partial charge >= 0.3 is 6.18 Å². The molecular formula is C27H31F4N4O2+. The van der Waals surface area contributed by atoms with Crippen LogP contribution in [0.5, 0.6) is 5.75 Å². The Balaban J connectivity index is 1.59. The topological polar surface area (TPSA) is 49.2 Å². The Hall–Kier alpha value is -2.98. The maximum atomic E-state index is 13.7. The van der Waals surface area contributed by atoms with Crippen LogP contribution < -0.4 is 4.74 Å². The van der Waals surface area contributed by atoms with Crippen LogP contribution in [0.1, 0.15) is 54.6 Å². The lowest BCUT2D eigenvalue weighted by atomic mass is 9.79. The van der Waals surface area contributed by atoms with Crippen molar-refractivity contribution in [3.8, 4) is 11.6 Å². The van der Waals surface area contributed by atoms with Gasteiger partial charge in [0.15, 0.2) is 0 Å². The number of alkyl halides is 3. The van der Waals surface area contributed by atoms with Crippen LogP contribution in [0.15, 0.2) is 48.8 Å². The van der Waals surface area contributed by atoms with Crippen LogP contribution in [-0.4, -0.2) is 59.1 Å². The fraction of sp³-hybridized carbons (Fsp3) is 0.481. The molecule has 1 aromatic carbocycles. The summed E-state index contributed by atoms with van der Waals surface area (Å²) in [5.41, 5.74) is 1.09. The zero-order valence-corrected chi connectivity index (χ0v) is 21.3. The van der Waals surface area contributed by atoms with Gasteiger partial charge in [0.25, 0.3) is 0 Å². The number of halogens is 4. The van der Waals surface area contributed by atoms with Crippen molar-refractivity contribution in [2.75, 3.05) is 28.3 Å². The van der Waals surface area contributed by atoms with E-state index < -0.39 is 17.6 Å². The van der Waals surface area contributed by atoms with Crippen molar-refractivity contribution in [1.82, 2.24) is 14.5 Å². The SMILES string of the molecule is COc1ccc(-n2ccnc2C(F)(F)F)nc1[C@@H]1C[C@@]2(CCC[C@H]2c2ccc(F)cc2)OC1[N+](C)(C)C. The summed E-state index contributed by atoms with van der Waals surface area (Å²) in [6.45, 7) is 0. The summed E-state index contributed by atoms with van der Waals surface area (Å²) < 4.78 is 68.4. The Morgan fingerprint density at radius 1 is 1.11 bits per heavy atom. The highest BCUT2D eigenvalue weighted by Gasteiger charge is 2.58. The molecule has 10 heteroatoms. The van der Waals surface area contributed by atoms with E-state index in [1.165, 1.54) is 31.5 Å². The van der Waals surface area contributed by atoms with Crippen molar-refractivity contribution in [1.29, 1.82) is 0 Å². The van der Waals surface area contributed by atoms with Gasteiger partial charge in [-0.2, -0.15) is 13.2 Å². The fourth-order valence-electron chi connectivity index (χ4n) is 6.09. The largest absolute Gasteiger partial charge is 0.495 e. The molecule has 37 heavy (non-hydrogen) atoms. The van der Waals surface area contributed by atoms with Crippen LogP contribution in [0, 0.1) is 5.82 Å². The van der Waals surface area contributed by atoms with Crippen molar-refractivity contribution in [3.63, 3.8) is 0 Å². The summed E-state index contributed by atoms with van der Waals surface area (Å²) in [5.74, 6) is -0.874. The minimum absolute atomic E-state index is 0.0757. The summed E-state index contributed by atoms with van der Waals surface area (Å²) in [5, 5.41) is 0. The van der Waals surface area contributed by atoms with Gasteiger partial charge in [-0.25, -0.2) is 14.4 Å². The minimum Gasteiger partial charge on any atom is -0.495 e. The summed E-state index contributed by atoms with van der Waals surface area (Å²) >= 11 is 0. The van der Waals surface area contributed by atoms with E-state index in [0.29, 0.717) is 22.3 Å². The summed E-state index contributed by atoms with van der Waals surface area (Å²) in [4.78, 5) is 8.24. The van der Waals surface area contributed by atoms with Gasteiger partial charge in [0, 0.05) is 18.3 Å². The van der Waals surface area contributed by atoms with E-state index >= 15 is 0 Å². The molecule has 1 spiro atoms. The summed E-state index contributed by atoms with van der Waals surface area (Å²) in [7, 11) is 7.63. The molecule has 0 N–H and O–H groups in total. The van der Waals surface area contributed by atoms with Crippen LogP contribution in [0.25, 0.3) is 5.82 Å². The van der Waals surface area contributed by atoms with E-state index in [1.54, 1.807) is 6.07 Å². The number of quaternary nitrogens is 1. The molecule has 2 fully saturated rings. The molecule has 2 aliphatic rings. The van der Waals surface area contributed by atoms with E-state index in [-0.39, 0.29) is 29.7 Å². The number of imidazole rings is 1. The van der Waals surface area contributed by atoms with E-state index in [9.17, 15) is 17.6 Å². The fourth-order valence-corrected chi connectivity index (χ4v) is 6.09. The molecule has 1 aliphatic heterocycles. The van der Waals surface area contributed by atoms with Crippen LogP contribution in [0.4, 0.5) is 17.6 Å². The number of ether oxygens (including phenoxy) is 2. The van der Waals surface area contributed by atoms with Crippen LogP contribution in [-0.2, 0) is 10.9 Å². The number of nitrogens with zero attached hydrogens (tertiary/aromatic N) is 4.